The van der Waals surface area contributed by atoms with Crippen molar-refractivity contribution in [2.24, 2.45) is 0 Å². The van der Waals surface area contributed by atoms with E-state index in [0.717, 1.165) is 0 Å². The van der Waals surface area contributed by atoms with Gasteiger partial charge >= 0.3 is 12.6 Å². The number of hydrogen-bond acceptors (Lipinski definition) is 4. The highest BCUT2D eigenvalue weighted by atomic mass is 127. The van der Waals surface area contributed by atoms with Crippen LogP contribution in [0.3, 0.4) is 0 Å². The molecule has 0 unspecified atom stereocenters. The number of alkyl halides is 2. The molecule has 1 aromatic carbocycles. The zero-order valence-corrected chi connectivity index (χ0v) is 11.4. The summed E-state index contributed by atoms with van der Waals surface area (Å²) in [6, 6.07) is 4.24. The number of carbonyl (C=O) groups is 1. The van der Waals surface area contributed by atoms with Gasteiger partial charge in [0.25, 0.3) is 0 Å². The second kappa shape index (κ2) is 6.49. The van der Waals surface area contributed by atoms with Crippen molar-refractivity contribution in [1.82, 2.24) is 0 Å². The molecule has 0 fully saturated rings. The number of nitriles is 1. The van der Waals surface area contributed by atoms with Gasteiger partial charge in [-0.3, -0.25) is 0 Å². The summed E-state index contributed by atoms with van der Waals surface area (Å²) < 4.78 is 33.8. The summed E-state index contributed by atoms with van der Waals surface area (Å²) in [5.74, 6) is -1.10. The van der Waals surface area contributed by atoms with E-state index in [-0.39, 0.29) is 23.5 Å². The Morgan fingerprint density at radius 3 is 2.72 bits per heavy atom. The Balaban J connectivity index is 3.26. The third-order valence-corrected chi connectivity index (χ3v) is 2.79. The zero-order valence-electron chi connectivity index (χ0n) is 9.25. The highest BCUT2D eigenvalue weighted by molar-refractivity contribution is 14.1. The van der Waals surface area contributed by atoms with Crippen molar-refractivity contribution in [2.75, 3.05) is 6.61 Å². The van der Waals surface area contributed by atoms with Gasteiger partial charge in [0.1, 0.15) is 17.4 Å². The molecule has 0 spiro atoms. The quantitative estimate of drug-likeness (QED) is 0.607. The number of halogens is 3. The molecule has 0 N–H and O–H groups in total. The Morgan fingerprint density at radius 1 is 1.56 bits per heavy atom. The van der Waals surface area contributed by atoms with Crippen LogP contribution in [0.1, 0.15) is 22.8 Å². The van der Waals surface area contributed by atoms with E-state index in [1.807, 2.05) is 6.07 Å². The first-order valence-electron chi connectivity index (χ1n) is 4.85. The summed E-state index contributed by atoms with van der Waals surface area (Å²) in [6.45, 7) is -1.37. The standard InChI is InChI=1S/C11H8F2INO3/c1-2-17-10(16)7-3-6(5-15)8(14)4-9(7)18-11(12)13/h3-4,11H,2H2,1H3. The van der Waals surface area contributed by atoms with Crippen LogP contribution in [0.5, 0.6) is 5.75 Å². The van der Waals surface area contributed by atoms with Gasteiger partial charge in [-0.05, 0) is 41.6 Å². The maximum atomic E-state index is 12.2. The lowest BCUT2D eigenvalue weighted by molar-refractivity contribution is -0.0505. The van der Waals surface area contributed by atoms with Crippen LogP contribution < -0.4 is 4.74 Å². The van der Waals surface area contributed by atoms with Crippen molar-refractivity contribution in [2.45, 2.75) is 13.5 Å². The summed E-state index contributed by atoms with van der Waals surface area (Å²) in [5.41, 5.74) is 0.00869. The number of ether oxygens (including phenoxy) is 2. The van der Waals surface area contributed by atoms with Crippen molar-refractivity contribution in [3.8, 4) is 11.8 Å². The van der Waals surface area contributed by atoms with Crippen molar-refractivity contribution >= 4 is 28.6 Å². The van der Waals surface area contributed by atoms with E-state index in [9.17, 15) is 13.6 Å². The van der Waals surface area contributed by atoms with E-state index in [1.54, 1.807) is 29.5 Å². The predicted molar refractivity (Wildman–Crippen MR) is 66.5 cm³/mol. The number of carbonyl (C=O) groups excluding carboxylic acids is 1. The molecule has 1 aromatic rings. The molecule has 0 atom stereocenters. The van der Waals surface area contributed by atoms with Crippen molar-refractivity contribution in [3.05, 3.63) is 26.8 Å². The molecular weight excluding hydrogens is 359 g/mol. The summed E-state index contributed by atoms with van der Waals surface area (Å²) >= 11 is 1.79. The van der Waals surface area contributed by atoms with Gasteiger partial charge in [-0.15, -0.1) is 0 Å². The van der Waals surface area contributed by atoms with E-state index in [4.69, 9.17) is 10.00 Å². The van der Waals surface area contributed by atoms with Gasteiger partial charge in [0, 0.05) is 3.57 Å². The normalized spacial score (nSPS) is 10.0. The fourth-order valence-corrected chi connectivity index (χ4v) is 1.76. The molecule has 0 aliphatic rings. The molecule has 0 aromatic heterocycles. The minimum absolute atomic E-state index is 0.0980. The molecule has 0 heterocycles. The lowest BCUT2D eigenvalue weighted by Gasteiger charge is -2.11. The largest absolute Gasteiger partial charge is 0.462 e. The van der Waals surface area contributed by atoms with Crippen molar-refractivity contribution in [3.63, 3.8) is 0 Å². The van der Waals surface area contributed by atoms with Crippen LogP contribution >= 0.6 is 22.6 Å². The molecule has 0 radical (unpaired) electrons. The molecule has 7 heteroatoms. The van der Waals surface area contributed by atoms with E-state index in [0.29, 0.717) is 3.57 Å². The molecule has 0 saturated carbocycles. The topological polar surface area (TPSA) is 59.3 Å². The molecule has 96 valence electrons. The van der Waals surface area contributed by atoms with Gasteiger partial charge in [0.15, 0.2) is 0 Å². The molecule has 0 bridgehead atoms. The Morgan fingerprint density at radius 2 is 2.22 bits per heavy atom. The minimum Gasteiger partial charge on any atom is -0.462 e. The summed E-state index contributed by atoms with van der Waals surface area (Å²) in [5, 5.41) is 8.83. The van der Waals surface area contributed by atoms with Gasteiger partial charge in [-0.25, -0.2) is 4.79 Å². The van der Waals surface area contributed by atoms with E-state index in [2.05, 4.69) is 4.74 Å². The van der Waals surface area contributed by atoms with Crippen LogP contribution in [0.4, 0.5) is 8.78 Å². The van der Waals surface area contributed by atoms with E-state index >= 15 is 0 Å². The predicted octanol–water partition coefficient (Wildman–Crippen LogP) is 2.94. The van der Waals surface area contributed by atoms with Crippen molar-refractivity contribution < 1.29 is 23.0 Å². The molecule has 18 heavy (non-hydrogen) atoms. The fourth-order valence-electron chi connectivity index (χ4n) is 1.20. The number of rotatable bonds is 4. The second-order valence-electron chi connectivity index (χ2n) is 3.04. The molecular formula is C11H8F2INO3. The number of esters is 1. The second-order valence-corrected chi connectivity index (χ2v) is 4.20. The third-order valence-electron chi connectivity index (χ3n) is 1.90. The number of nitrogens with zero attached hydrogens (tertiary/aromatic N) is 1. The fraction of sp³-hybridized carbons (Fsp3) is 0.273. The van der Waals surface area contributed by atoms with Gasteiger partial charge < -0.3 is 9.47 Å². The Labute approximate surface area is 116 Å². The first-order valence-corrected chi connectivity index (χ1v) is 5.93. The van der Waals surface area contributed by atoms with Crippen LogP contribution in [-0.4, -0.2) is 19.2 Å². The maximum Gasteiger partial charge on any atom is 0.387 e. The maximum absolute atomic E-state index is 12.2. The monoisotopic (exact) mass is 367 g/mol. The van der Waals surface area contributed by atoms with Gasteiger partial charge in [-0.1, -0.05) is 0 Å². The molecule has 0 aliphatic heterocycles. The van der Waals surface area contributed by atoms with Crippen LogP contribution in [0.2, 0.25) is 0 Å². The van der Waals surface area contributed by atoms with Crippen molar-refractivity contribution in [1.29, 1.82) is 5.26 Å². The molecule has 0 saturated heterocycles. The third kappa shape index (κ3) is 3.53. The summed E-state index contributed by atoms with van der Waals surface area (Å²) in [6.07, 6.45) is 0. The van der Waals surface area contributed by atoms with Crippen LogP contribution in [0.25, 0.3) is 0 Å². The number of hydrogen-bond donors (Lipinski definition) is 0. The van der Waals surface area contributed by atoms with Gasteiger partial charge in [-0.2, -0.15) is 14.0 Å². The average Bonchev–Trinajstić information content (AvgIpc) is 2.28. The summed E-state index contributed by atoms with van der Waals surface area (Å²) in [7, 11) is 0. The number of benzene rings is 1. The minimum atomic E-state index is -3.05. The Hall–Kier alpha value is -1.43. The van der Waals surface area contributed by atoms with E-state index < -0.39 is 12.6 Å². The van der Waals surface area contributed by atoms with Gasteiger partial charge in [0.05, 0.1) is 12.2 Å². The molecule has 4 nitrogen and oxygen atoms in total. The first kappa shape index (κ1) is 14.6. The van der Waals surface area contributed by atoms with Crippen LogP contribution in [0, 0.1) is 14.9 Å². The van der Waals surface area contributed by atoms with E-state index in [1.165, 1.54) is 12.1 Å². The zero-order chi connectivity index (χ0) is 13.7. The Kier molecular flexibility index (Phi) is 5.27. The SMILES string of the molecule is CCOC(=O)c1cc(C#N)c(I)cc1OC(F)F. The molecule has 1 rings (SSSR count). The van der Waals surface area contributed by atoms with Crippen LogP contribution in [0.15, 0.2) is 12.1 Å². The first-order chi connectivity index (χ1) is 8.49. The lowest BCUT2D eigenvalue weighted by atomic mass is 10.1. The molecule has 0 aliphatic carbocycles. The average molecular weight is 367 g/mol. The Bertz CT molecular complexity index is 500. The molecule has 0 amide bonds. The van der Waals surface area contributed by atoms with Gasteiger partial charge in [0.2, 0.25) is 0 Å². The lowest BCUT2D eigenvalue weighted by Crippen LogP contribution is -2.11. The smallest absolute Gasteiger partial charge is 0.387 e. The van der Waals surface area contributed by atoms with Crippen LogP contribution in [-0.2, 0) is 4.74 Å². The highest BCUT2D eigenvalue weighted by Gasteiger charge is 2.19. The highest BCUT2D eigenvalue weighted by Crippen LogP contribution is 2.27. The summed E-state index contributed by atoms with van der Waals surface area (Å²) in [4.78, 5) is 11.6.